The lowest BCUT2D eigenvalue weighted by atomic mass is 9.98. The molecule has 4 nitrogen and oxygen atoms in total. The molecule has 0 aliphatic carbocycles. The third-order valence-electron chi connectivity index (χ3n) is 6.24. The number of hydrogen-bond acceptors (Lipinski definition) is 2. The molecule has 2 fully saturated rings. The molecule has 3 heterocycles. The number of nitrogens with zero attached hydrogens (tertiary/aromatic N) is 2. The van der Waals surface area contributed by atoms with E-state index in [9.17, 15) is 4.79 Å². The molecule has 2 unspecified atom stereocenters. The van der Waals surface area contributed by atoms with Crippen molar-refractivity contribution in [2.45, 2.75) is 64.6 Å². The molecule has 0 radical (unpaired) electrons. The molecule has 0 spiro atoms. The number of aryl methyl sites for hydroxylation is 2. The van der Waals surface area contributed by atoms with Crippen molar-refractivity contribution in [2.24, 2.45) is 0 Å². The van der Waals surface area contributed by atoms with E-state index in [-0.39, 0.29) is 5.91 Å². The van der Waals surface area contributed by atoms with Crippen LogP contribution in [0, 0.1) is 20.8 Å². The molecule has 1 N–H and O–H groups in total. The SMILES string of the molecule is Cc1cccc(-n2c(C)cc(C(=O)N(C)C3CC4CCC(C3)N4)c2C)c1. The first-order valence-corrected chi connectivity index (χ1v) is 9.73. The zero-order valence-electron chi connectivity index (χ0n) is 16.2. The van der Waals surface area contributed by atoms with Crippen LogP contribution in [0.1, 0.15) is 53.0 Å². The Morgan fingerprint density at radius 1 is 1.12 bits per heavy atom. The van der Waals surface area contributed by atoms with Crippen LogP contribution < -0.4 is 5.32 Å². The monoisotopic (exact) mass is 351 g/mol. The highest BCUT2D eigenvalue weighted by molar-refractivity contribution is 5.96. The van der Waals surface area contributed by atoms with Gasteiger partial charge in [0.25, 0.3) is 5.91 Å². The molecule has 138 valence electrons. The van der Waals surface area contributed by atoms with Crippen molar-refractivity contribution in [3.05, 3.63) is 52.8 Å². The summed E-state index contributed by atoms with van der Waals surface area (Å²) >= 11 is 0. The van der Waals surface area contributed by atoms with Gasteiger partial charge in [0.15, 0.2) is 0 Å². The van der Waals surface area contributed by atoms with E-state index in [0.717, 1.165) is 35.5 Å². The largest absolute Gasteiger partial charge is 0.339 e. The van der Waals surface area contributed by atoms with Crippen LogP contribution in [0.25, 0.3) is 5.69 Å². The summed E-state index contributed by atoms with van der Waals surface area (Å²) in [7, 11) is 1.98. The van der Waals surface area contributed by atoms with Gasteiger partial charge in [0, 0.05) is 42.2 Å². The second-order valence-corrected chi connectivity index (χ2v) is 8.14. The van der Waals surface area contributed by atoms with Crippen LogP contribution in [0.5, 0.6) is 0 Å². The van der Waals surface area contributed by atoms with Crippen LogP contribution in [-0.2, 0) is 0 Å². The zero-order valence-corrected chi connectivity index (χ0v) is 16.2. The van der Waals surface area contributed by atoms with E-state index >= 15 is 0 Å². The Kier molecular flexibility index (Phi) is 4.39. The molecule has 0 saturated carbocycles. The third-order valence-corrected chi connectivity index (χ3v) is 6.24. The van der Waals surface area contributed by atoms with Gasteiger partial charge in [-0.15, -0.1) is 0 Å². The molecule has 2 aliphatic heterocycles. The van der Waals surface area contributed by atoms with Gasteiger partial charge in [-0.25, -0.2) is 0 Å². The van der Waals surface area contributed by atoms with Crippen molar-refractivity contribution in [1.82, 2.24) is 14.8 Å². The van der Waals surface area contributed by atoms with Gasteiger partial charge in [0.1, 0.15) is 0 Å². The van der Waals surface area contributed by atoms with E-state index in [1.165, 1.54) is 18.4 Å². The lowest BCUT2D eigenvalue weighted by Gasteiger charge is -2.35. The van der Waals surface area contributed by atoms with Gasteiger partial charge in [0.05, 0.1) is 5.56 Å². The lowest BCUT2D eigenvalue weighted by molar-refractivity contribution is 0.0681. The topological polar surface area (TPSA) is 37.3 Å². The molecule has 26 heavy (non-hydrogen) atoms. The third kappa shape index (κ3) is 2.96. The summed E-state index contributed by atoms with van der Waals surface area (Å²) in [6.07, 6.45) is 4.67. The Labute approximate surface area is 156 Å². The van der Waals surface area contributed by atoms with Gasteiger partial charge in [-0.05, 0) is 70.2 Å². The molecular formula is C22H29N3O. The standard InChI is InChI=1S/C22H29N3O/c1-14-6-5-7-19(10-14)25-15(2)11-21(16(25)3)22(26)24(4)20-12-17-8-9-18(13-20)23-17/h5-7,10-11,17-18,20,23H,8-9,12-13H2,1-4H3. The fraction of sp³-hybridized carbons (Fsp3) is 0.500. The summed E-state index contributed by atoms with van der Waals surface area (Å²) in [5.74, 6) is 0.156. The van der Waals surface area contributed by atoms with Gasteiger partial charge in [0.2, 0.25) is 0 Å². The summed E-state index contributed by atoms with van der Waals surface area (Å²) in [5.41, 5.74) is 5.32. The van der Waals surface area contributed by atoms with Crippen molar-refractivity contribution in [3.8, 4) is 5.69 Å². The smallest absolute Gasteiger partial charge is 0.255 e. The number of rotatable bonds is 3. The number of nitrogens with one attached hydrogen (secondary N) is 1. The number of fused-ring (bicyclic) bond motifs is 2. The van der Waals surface area contributed by atoms with Gasteiger partial charge in [-0.1, -0.05) is 12.1 Å². The predicted octanol–water partition coefficient (Wildman–Crippen LogP) is 3.76. The van der Waals surface area contributed by atoms with E-state index in [2.05, 4.69) is 54.9 Å². The lowest BCUT2D eigenvalue weighted by Crippen LogP contribution is -2.48. The van der Waals surface area contributed by atoms with Gasteiger partial charge in [-0.3, -0.25) is 4.79 Å². The summed E-state index contributed by atoms with van der Waals surface area (Å²) in [5, 5.41) is 3.66. The van der Waals surface area contributed by atoms with Crippen molar-refractivity contribution in [1.29, 1.82) is 0 Å². The molecule has 2 atom stereocenters. The first-order valence-electron chi connectivity index (χ1n) is 9.73. The minimum atomic E-state index is 0.156. The van der Waals surface area contributed by atoms with Crippen molar-refractivity contribution in [2.75, 3.05) is 7.05 Å². The molecule has 4 rings (SSSR count). The Bertz CT molecular complexity index is 826. The molecule has 1 aromatic carbocycles. The first kappa shape index (κ1) is 17.3. The van der Waals surface area contributed by atoms with E-state index < -0.39 is 0 Å². The average Bonchev–Trinajstić information content (AvgIpc) is 3.11. The molecule has 4 heteroatoms. The molecule has 2 aliphatic rings. The number of carbonyl (C=O) groups excluding carboxylic acids is 1. The number of aromatic nitrogens is 1. The summed E-state index contributed by atoms with van der Waals surface area (Å²) in [6.45, 7) is 6.24. The Hall–Kier alpha value is -2.07. The summed E-state index contributed by atoms with van der Waals surface area (Å²) in [6, 6.07) is 12.0. The molecule has 2 aromatic rings. The van der Waals surface area contributed by atoms with Crippen LogP contribution in [0.15, 0.2) is 30.3 Å². The van der Waals surface area contributed by atoms with Gasteiger partial charge < -0.3 is 14.8 Å². The number of carbonyl (C=O) groups is 1. The second-order valence-electron chi connectivity index (χ2n) is 8.14. The quantitative estimate of drug-likeness (QED) is 0.914. The molecule has 2 saturated heterocycles. The van der Waals surface area contributed by atoms with Crippen LogP contribution in [-0.4, -0.2) is 40.5 Å². The van der Waals surface area contributed by atoms with E-state index in [0.29, 0.717) is 18.1 Å². The predicted molar refractivity (Wildman–Crippen MR) is 105 cm³/mol. The number of hydrogen-bond donors (Lipinski definition) is 1. The second kappa shape index (κ2) is 6.58. The van der Waals surface area contributed by atoms with Gasteiger partial charge >= 0.3 is 0 Å². The van der Waals surface area contributed by atoms with Crippen LogP contribution >= 0.6 is 0 Å². The Morgan fingerprint density at radius 2 is 1.81 bits per heavy atom. The fourth-order valence-corrected chi connectivity index (χ4v) is 4.84. The highest BCUT2D eigenvalue weighted by atomic mass is 16.2. The van der Waals surface area contributed by atoms with Crippen LogP contribution in [0.4, 0.5) is 0 Å². The number of amides is 1. The molecule has 1 aromatic heterocycles. The maximum absolute atomic E-state index is 13.3. The van der Waals surface area contributed by atoms with Crippen LogP contribution in [0.2, 0.25) is 0 Å². The molecule has 2 bridgehead atoms. The zero-order chi connectivity index (χ0) is 18.4. The highest BCUT2D eigenvalue weighted by Crippen LogP contribution is 2.31. The van der Waals surface area contributed by atoms with Crippen molar-refractivity contribution in [3.63, 3.8) is 0 Å². The average molecular weight is 351 g/mol. The fourth-order valence-electron chi connectivity index (χ4n) is 4.84. The molecule has 1 amide bonds. The molecular weight excluding hydrogens is 322 g/mol. The summed E-state index contributed by atoms with van der Waals surface area (Å²) < 4.78 is 2.19. The maximum atomic E-state index is 13.3. The van der Waals surface area contributed by atoms with Crippen molar-refractivity contribution >= 4 is 5.91 Å². The minimum Gasteiger partial charge on any atom is -0.339 e. The van der Waals surface area contributed by atoms with Crippen molar-refractivity contribution < 1.29 is 4.79 Å². The minimum absolute atomic E-state index is 0.156. The van der Waals surface area contributed by atoms with Gasteiger partial charge in [-0.2, -0.15) is 0 Å². The van der Waals surface area contributed by atoms with E-state index in [1.807, 2.05) is 18.0 Å². The highest BCUT2D eigenvalue weighted by Gasteiger charge is 2.37. The number of benzene rings is 1. The summed E-state index contributed by atoms with van der Waals surface area (Å²) in [4.78, 5) is 15.2. The first-order chi connectivity index (χ1) is 12.4. The number of piperidine rings is 1. The van der Waals surface area contributed by atoms with E-state index in [1.54, 1.807) is 0 Å². The van der Waals surface area contributed by atoms with E-state index in [4.69, 9.17) is 0 Å². The normalized spacial score (nSPS) is 24.7. The van der Waals surface area contributed by atoms with Crippen LogP contribution in [0.3, 0.4) is 0 Å². The Balaban J connectivity index is 1.61. The maximum Gasteiger partial charge on any atom is 0.255 e. The Morgan fingerprint density at radius 3 is 2.46 bits per heavy atom.